The zero-order valence-electron chi connectivity index (χ0n) is 3.91. The van der Waals surface area contributed by atoms with Crippen LogP contribution in [0, 0.1) is 0 Å². The Labute approximate surface area is 91.3 Å². The SMILES string of the molecule is O=P([O-])([O-])[O-].[Mn+2].[Na+].[V+5]. The van der Waals surface area contributed by atoms with E-state index in [4.69, 9.17) is 19.2 Å². The molecule has 0 spiro atoms. The van der Waals surface area contributed by atoms with Crippen molar-refractivity contribution in [1.29, 1.82) is 0 Å². The van der Waals surface area contributed by atoms with Crippen molar-refractivity contribution in [1.82, 2.24) is 0 Å². The van der Waals surface area contributed by atoms with Crippen LogP contribution in [0.25, 0.3) is 0 Å². The molecule has 8 heavy (non-hydrogen) atoms. The Hall–Kier alpha value is 2.21. The predicted octanol–water partition coefficient (Wildman–Crippen LogP) is -5.83. The van der Waals surface area contributed by atoms with Gasteiger partial charge in [-0.3, -0.25) is 0 Å². The van der Waals surface area contributed by atoms with Gasteiger partial charge in [-0.15, -0.1) is 0 Å². The van der Waals surface area contributed by atoms with E-state index < -0.39 is 7.82 Å². The molecule has 0 aliphatic carbocycles. The van der Waals surface area contributed by atoms with Crippen LogP contribution in [0.3, 0.4) is 0 Å². The van der Waals surface area contributed by atoms with Gasteiger partial charge in [0.15, 0.2) is 0 Å². The number of hydrogen-bond donors (Lipinski definition) is 0. The molecule has 0 unspecified atom stereocenters. The van der Waals surface area contributed by atoms with Crippen LogP contribution in [0.15, 0.2) is 0 Å². The maximum absolute atomic E-state index is 8.55. The van der Waals surface area contributed by atoms with Crippen molar-refractivity contribution in [3.8, 4) is 0 Å². The van der Waals surface area contributed by atoms with E-state index in [1.165, 1.54) is 0 Å². The molecule has 0 amide bonds. The average Bonchev–Trinajstić information content (AvgIpc) is 0.722. The van der Waals surface area contributed by atoms with Gasteiger partial charge in [-0.1, -0.05) is 0 Å². The van der Waals surface area contributed by atoms with Gasteiger partial charge in [0.1, 0.15) is 0 Å². The van der Waals surface area contributed by atoms with E-state index in [1.54, 1.807) is 0 Å². The van der Waals surface area contributed by atoms with Crippen molar-refractivity contribution in [3.63, 3.8) is 0 Å². The first kappa shape index (κ1) is 22.5. The van der Waals surface area contributed by atoms with E-state index in [0.29, 0.717) is 0 Å². The molecule has 0 aromatic rings. The summed E-state index contributed by atoms with van der Waals surface area (Å²) in [4.78, 5) is 25.6. The van der Waals surface area contributed by atoms with Crippen LogP contribution in [0.1, 0.15) is 0 Å². The van der Waals surface area contributed by atoms with E-state index >= 15 is 0 Å². The standard InChI is InChI=1S/Mn.Na.H3O4P.V/c;;1-5(2,3)4;/h;;(H3,1,2,3,4);/q+2;+1;;+5/p-3. The molecule has 0 atom stereocenters. The van der Waals surface area contributed by atoms with E-state index in [1.807, 2.05) is 0 Å². The molecular weight excluding hydrogens is 224 g/mol. The Balaban J connectivity index is -0.0000000267. The third kappa shape index (κ3) is 87.2. The van der Waals surface area contributed by atoms with Crippen molar-refractivity contribution in [2.24, 2.45) is 0 Å². The topological polar surface area (TPSA) is 86.2 Å². The Bertz CT molecular complexity index is 62.2. The maximum atomic E-state index is 8.55. The number of rotatable bonds is 0. The molecule has 0 aromatic heterocycles. The van der Waals surface area contributed by atoms with Crippen molar-refractivity contribution >= 4 is 7.82 Å². The molecule has 0 aliphatic heterocycles. The molecule has 0 fully saturated rings. The molecule has 0 saturated heterocycles. The molecule has 8 heteroatoms. The van der Waals surface area contributed by atoms with Crippen LogP contribution < -0.4 is 44.2 Å². The van der Waals surface area contributed by atoms with E-state index in [-0.39, 0.29) is 65.2 Å². The van der Waals surface area contributed by atoms with Crippen LogP contribution in [0.2, 0.25) is 0 Å². The summed E-state index contributed by atoms with van der Waals surface area (Å²) in [5.74, 6) is 0. The fourth-order valence-electron chi connectivity index (χ4n) is 0. The first-order valence-electron chi connectivity index (χ1n) is 0.730. The van der Waals surface area contributed by atoms with Crippen molar-refractivity contribution in [3.05, 3.63) is 0 Å². The molecule has 37 valence electrons. The largest absolute Gasteiger partial charge is 5.00 e. The van der Waals surface area contributed by atoms with Gasteiger partial charge in [-0.05, 0) is 0 Å². The Morgan fingerprint density at radius 1 is 1.12 bits per heavy atom. The molecule has 0 rings (SSSR count). The summed E-state index contributed by atoms with van der Waals surface area (Å²) >= 11 is 0. The summed E-state index contributed by atoms with van der Waals surface area (Å²) in [5.41, 5.74) is 0. The number of hydrogen-bond acceptors (Lipinski definition) is 4. The fraction of sp³-hybridized carbons (Fsp3) is 0. The summed E-state index contributed by atoms with van der Waals surface area (Å²) in [6.45, 7) is 0. The first-order chi connectivity index (χ1) is 2.00. The Morgan fingerprint density at radius 3 is 1.12 bits per heavy atom. The van der Waals surface area contributed by atoms with E-state index in [2.05, 4.69) is 0 Å². The molecule has 0 bridgehead atoms. The van der Waals surface area contributed by atoms with Gasteiger partial charge in [0.25, 0.3) is 0 Å². The van der Waals surface area contributed by atoms with Gasteiger partial charge in [0.05, 0.1) is 0 Å². The van der Waals surface area contributed by atoms with Crippen LogP contribution in [0.5, 0.6) is 0 Å². The summed E-state index contributed by atoms with van der Waals surface area (Å²) in [6.07, 6.45) is 0. The second-order valence-electron chi connectivity index (χ2n) is 0.447. The van der Waals surface area contributed by atoms with Crippen molar-refractivity contribution in [2.75, 3.05) is 0 Å². The summed E-state index contributed by atoms with van der Waals surface area (Å²) in [6, 6.07) is 0. The van der Waals surface area contributed by atoms with E-state index in [9.17, 15) is 0 Å². The molecule has 0 heterocycles. The molecule has 1 radical (unpaired) electrons. The van der Waals surface area contributed by atoms with Crippen molar-refractivity contribution in [2.45, 2.75) is 0 Å². The Kier molecular flexibility index (Phi) is 25.9. The molecular formula is MnNaO4PV+5. The third-order valence-corrected chi connectivity index (χ3v) is 0. The minimum Gasteiger partial charge on any atom is -0.822 e. The average molecular weight is 224 g/mol. The normalized spacial score (nSPS) is 7.38. The van der Waals surface area contributed by atoms with Gasteiger partial charge < -0.3 is 19.2 Å². The van der Waals surface area contributed by atoms with Gasteiger partial charge >= 0.3 is 65.2 Å². The predicted molar refractivity (Wildman–Crippen MR) is 7.61 cm³/mol. The third-order valence-electron chi connectivity index (χ3n) is 0. The summed E-state index contributed by atoms with van der Waals surface area (Å²) in [7, 11) is -5.39. The smallest absolute Gasteiger partial charge is 0.822 e. The van der Waals surface area contributed by atoms with E-state index in [0.717, 1.165) is 0 Å². The summed E-state index contributed by atoms with van der Waals surface area (Å²) in [5, 5.41) is 0. The van der Waals surface area contributed by atoms with Gasteiger partial charge in [-0.2, -0.15) is 7.82 Å². The minimum absolute atomic E-state index is 0. The molecule has 0 aliphatic rings. The quantitative estimate of drug-likeness (QED) is 0.303. The zero-order valence-corrected chi connectivity index (χ0v) is 9.38. The number of phosphoric acid groups is 1. The van der Waals surface area contributed by atoms with Gasteiger partial charge in [0, 0.05) is 0 Å². The molecule has 4 nitrogen and oxygen atoms in total. The van der Waals surface area contributed by atoms with Gasteiger partial charge in [-0.25, -0.2) is 0 Å². The van der Waals surface area contributed by atoms with Crippen LogP contribution in [0.4, 0.5) is 0 Å². The summed E-state index contributed by atoms with van der Waals surface area (Å²) < 4.78 is 8.55. The van der Waals surface area contributed by atoms with Crippen molar-refractivity contribution < 1.29 is 84.4 Å². The minimum atomic E-state index is -5.39. The zero-order chi connectivity index (χ0) is 4.50. The fourth-order valence-corrected chi connectivity index (χ4v) is 0. The van der Waals surface area contributed by atoms with Gasteiger partial charge in [0.2, 0.25) is 0 Å². The molecule has 0 aromatic carbocycles. The second-order valence-corrected chi connectivity index (χ2v) is 1.34. The molecule has 0 saturated carbocycles. The van der Waals surface area contributed by atoms with Crippen LogP contribution in [-0.4, -0.2) is 0 Å². The second kappa shape index (κ2) is 9.21. The van der Waals surface area contributed by atoms with Crippen LogP contribution >= 0.6 is 7.82 Å². The monoisotopic (exact) mass is 224 g/mol. The maximum Gasteiger partial charge on any atom is 5.00 e. The molecule has 0 N–H and O–H groups in total. The first-order valence-corrected chi connectivity index (χ1v) is 2.19. The Morgan fingerprint density at radius 2 is 1.12 bits per heavy atom. The van der Waals surface area contributed by atoms with Crippen LogP contribution in [-0.2, 0) is 40.2 Å².